The van der Waals surface area contributed by atoms with E-state index in [1.54, 1.807) is 0 Å². The zero-order valence-corrected chi connectivity index (χ0v) is 19.1. The first-order valence-electron chi connectivity index (χ1n) is 10.7. The minimum Gasteiger partial charge on any atom is -0.305 e. The lowest BCUT2D eigenvalue weighted by Crippen LogP contribution is -2.40. The van der Waals surface area contributed by atoms with Gasteiger partial charge in [-0.1, -0.05) is 51.0 Å². The molecule has 1 aromatic carbocycles. The molecule has 2 unspecified atom stereocenters. The standard InChI is InChI=1S/C22H33N3O2S2/c1-3-25(4-2)29(26,27)24-13-9-5-6-11-19-16-21-20-12-8-7-10-17(20)14-18(23)15-22(21)28-19/h7-8,10,12,15,19,21,23-24H,3-6,9,11,13-14,16H2,1-2H3. The second kappa shape index (κ2) is 10.2. The number of nitrogens with zero attached hydrogens (tertiary/aromatic N) is 1. The van der Waals surface area contributed by atoms with Gasteiger partial charge in [-0.2, -0.15) is 12.7 Å². The maximum absolute atomic E-state index is 12.1. The van der Waals surface area contributed by atoms with Gasteiger partial charge < -0.3 is 5.41 Å². The fraction of sp³-hybridized carbons (Fsp3) is 0.591. The Morgan fingerprint density at radius 2 is 1.93 bits per heavy atom. The summed E-state index contributed by atoms with van der Waals surface area (Å²) in [6.07, 6.45) is 8.16. The first kappa shape index (κ1) is 22.5. The molecule has 0 radical (unpaired) electrons. The highest BCUT2D eigenvalue weighted by Crippen LogP contribution is 2.50. The number of nitrogens with one attached hydrogen (secondary N) is 2. The zero-order chi connectivity index (χ0) is 20.9. The Kier molecular flexibility index (Phi) is 7.96. The average Bonchev–Trinajstić information content (AvgIpc) is 3.02. The van der Waals surface area contributed by atoms with Gasteiger partial charge in [0.25, 0.3) is 10.2 Å². The maximum Gasteiger partial charge on any atom is 0.279 e. The number of allylic oxidation sites excluding steroid dienone is 2. The lowest BCUT2D eigenvalue weighted by Gasteiger charge is -2.18. The molecule has 0 bridgehead atoms. The molecule has 1 heterocycles. The van der Waals surface area contributed by atoms with Crippen LogP contribution in [0.25, 0.3) is 0 Å². The van der Waals surface area contributed by atoms with Crippen LogP contribution in [0.15, 0.2) is 35.2 Å². The van der Waals surface area contributed by atoms with E-state index in [2.05, 4.69) is 35.1 Å². The van der Waals surface area contributed by atoms with Gasteiger partial charge in [0.15, 0.2) is 0 Å². The van der Waals surface area contributed by atoms with Crippen molar-refractivity contribution in [2.45, 2.75) is 63.5 Å². The van der Waals surface area contributed by atoms with Crippen LogP contribution >= 0.6 is 11.8 Å². The molecular formula is C22H33N3O2S2. The molecule has 2 N–H and O–H groups in total. The number of hydrogen-bond donors (Lipinski definition) is 2. The molecule has 1 aromatic rings. The van der Waals surface area contributed by atoms with Crippen molar-refractivity contribution in [3.05, 3.63) is 46.4 Å². The molecule has 0 saturated carbocycles. The van der Waals surface area contributed by atoms with Crippen LogP contribution in [0, 0.1) is 5.41 Å². The number of fused-ring (bicyclic) bond motifs is 3. The molecule has 1 aliphatic carbocycles. The fourth-order valence-electron chi connectivity index (χ4n) is 4.29. The van der Waals surface area contributed by atoms with E-state index in [0.717, 1.165) is 38.5 Å². The van der Waals surface area contributed by atoms with E-state index in [9.17, 15) is 8.42 Å². The van der Waals surface area contributed by atoms with E-state index in [-0.39, 0.29) is 0 Å². The summed E-state index contributed by atoms with van der Waals surface area (Å²) in [6.45, 7) is 5.23. The summed E-state index contributed by atoms with van der Waals surface area (Å²) < 4.78 is 28.4. The summed E-state index contributed by atoms with van der Waals surface area (Å²) in [5.74, 6) is 0.449. The number of unbranched alkanes of at least 4 members (excludes halogenated alkanes) is 2. The third kappa shape index (κ3) is 5.72. The zero-order valence-electron chi connectivity index (χ0n) is 17.5. The number of hydrogen-bond acceptors (Lipinski definition) is 4. The predicted molar refractivity (Wildman–Crippen MR) is 123 cm³/mol. The van der Waals surface area contributed by atoms with Crippen molar-refractivity contribution in [1.82, 2.24) is 9.03 Å². The number of benzene rings is 1. The number of rotatable bonds is 10. The molecule has 3 rings (SSSR count). The second-order valence-electron chi connectivity index (χ2n) is 7.81. The Balaban J connectivity index is 1.44. The minimum absolute atomic E-state index is 0.449. The Hall–Kier alpha value is -1.15. The molecule has 0 spiro atoms. The fourth-order valence-corrected chi connectivity index (χ4v) is 7.11. The van der Waals surface area contributed by atoms with Gasteiger partial charge in [0.2, 0.25) is 0 Å². The van der Waals surface area contributed by atoms with E-state index in [1.807, 2.05) is 25.6 Å². The monoisotopic (exact) mass is 435 g/mol. The molecule has 0 aromatic heterocycles. The second-order valence-corrected chi connectivity index (χ2v) is 10.9. The van der Waals surface area contributed by atoms with Crippen molar-refractivity contribution in [1.29, 1.82) is 5.41 Å². The third-order valence-electron chi connectivity index (χ3n) is 5.81. The van der Waals surface area contributed by atoms with E-state index >= 15 is 0 Å². The summed E-state index contributed by atoms with van der Waals surface area (Å²) >= 11 is 1.96. The summed E-state index contributed by atoms with van der Waals surface area (Å²) in [4.78, 5) is 1.36. The number of thioether (sulfide) groups is 1. The Bertz CT molecular complexity index is 847. The van der Waals surface area contributed by atoms with Crippen LogP contribution in [0.3, 0.4) is 0 Å². The molecule has 2 aliphatic rings. The molecule has 7 heteroatoms. The highest BCUT2D eigenvalue weighted by Gasteiger charge is 2.33. The molecule has 160 valence electrons. The summed E-state index contributed by atoms with van der Waals surface area (Å²) in [6, 6.07) is 8.59. The van der Waals surface area contributed by atoms with Crippen molar-refractivity contribution in [3.63, 3.8) is 0 Å². The highest BCUT2D eigenvalue weighted by atomic mass is 32.2. The van der Waals surface area contributed by atoms with Crippen molar-refractivity contribution >= 4 is 27.7 Å². The van der Waals surface area contributed by atoms with Crippen LogP contribution < -0.4 is 4.72 Å². The van der Waals surface area contributed by atoms with Crippen molar-refractivity contribution in [3.8, 4) is 0 Å². The summed E-state index contributed by atoms with van der Waals surface area (Å²) in [5, 5.41) is 8.85. The first-order chi connectivity index (χ1) is 13.9. The maximum atomic E-state index is 12.1. The minimum atomic E-state index is -3.33. The quantitative estimate of drug-likeness (QED) is 0.533. The third-order valence-corrected chi connectivity index (χ3v) is 9.01. The van der Waals surface area contributed by atoms with Gasteiger partial charge in [-0.15, -0.1) is 11.8 Å². The lowest BCUT2D eigenvalue weighted by atomic mass is 9.90. The summed E-state index contributed by atoms with van der Waals surface area (Å²) in [5.41, 5.74) is 3.42. The molecule has 1 aliphatic heterocycles. The highest BCUT2D eigenvalue weighted by molar-refractivity contribution is 8.04. The first-order valence-corrected chi connectivity index (χ1v) is 13.0. The Morgan fingerprint density at radius 1 is 1.17 bits per heavy atom. The molecular weight excluding hydrogens is 402 g/mol. The van der Waals surface area contributed by atoms with Gasteiger partial charge in [0.1, 0.15) is 0 Å². The van der Waals surface area contributed by atoms with Gasteiger partial charge in [-0.25, -0.2) is 4.72 Å². The van der Waals surface area contributed by atoms with Crippen LogP contribution in [-0.2, 0) is 16.6 Å². The molecule has 2 atom stereocenters. The largest absolute Gasteiger partial charge is 0.305 e. The van der Waals surface area contributed by atoms with E-state index < -0.39 is 10.2 Å². The lowest BCUT2D eigenvalue weighted by molar-refractivity contribution is 0.433. The van der Waals surface area contributed by atoms with E-state index in [1.165, 1.54) is 20.3 Å². The van der Waals surface area contributed by atoms with Gasteiger partial charge in [0, 0.05) is 42.9 Å². The van der Waals surface area contributed by atoms with Crippen molar-refractivity contribution < 1.29 is 8.42 Å². The Morgan fingerprint density at radius 3 is 2.69 bits per heavy atom. The van der Waals surface area contributed by atoms with Gasteiger partial charge >= 0.3 is 0 Å². The SMILES string of the molecule is CCN(CC)S(=O)(=O)NCCCCCC1CC2C(=CC(=N)Cc3ccccc32)S1. The molecule has 29 heavy (non-hydrogen) atoms. The smallest absolute Gasteiger partial charge is 0.279 e. The predicted octanol–water partition coefficient (Wildman–Crippen LogP) is 4.47. The van der Waals surface area contributed by atoms with Crippen molar-refractivity contribution in [2.24, 2.45) is 0 Å². The van der Waals surface area contributed by atoms with Crippen LogP contribution in [0.4, 0.5) is 0 Å². The van der Waals surface area contributed by atoms with E-state index in [0.29, 0.717) is 36.5 Å². The van der Waals surface area contributed by atoms with Crippen LogP contribution in [0.2, 0.25) is 0 Å². The normalized spacial score (nSPS) is 21.6. The van der Waals surface area contributed by atoms with Crippen LogP contribution in [-0.4, -0.2) is 43.3 Å². The molecule has 5 nitrogen and oxygen atoms in total. The van der Waals surface area contributed by atoms with Gasteiger partial charge in [0.05, 0.1) is 0 Å². The molecule has 1 fully saturated rings. The van der Waals surface area contributed by atoms with Gasteiger partial charge in [-0.05, 0) is 41.4 Å². The van der Waals surface area contributed by atoms with Crippen molar-refractivity contribution in [2.75, 3.05) is 19.6 Å². The topological polar surface area (TPSA) is 73.3 Å². The Labute approximate surface area is 180 Å². The molecule has 1 saturated heterocycles. The summed E-state index contributed by atoms with van der Waals surface area (Å²) in [7, 11) is -3.33. The van der Waals surface area contributed by atoms with Crippen LogP contribution in [0.5, 0.6) is 0 Å². The van der Waals surface area contributed by atoms with E-state index in [4.69, 9.17) is 5.41 Å². The molecule has 0 amide bonds. The van der Waals surface area contributed by atoms with Crippen LogP contribution in [0.1, 0.15) is 63.0 Å². The van der Waals surface area contributed by atoms with Gasteiger partial charge in [-0.3, -0.25) is 0 Å². The average molecular weight is 436 g/mol.